The number of unbranched alkanes of at least 4 members (excludes halogenated alkanes) is 31. The van der Waals surface area contributed by atoms with Crippen LogP contribution >= 0.6 is 0 Å². The predicted molar refractivity (Wildman–Crippen MR) is 304 cm³/mol. The second-order valence-corrected chi connectivity index (χ2v) is 23.3. The molecule has 3 nitrogen and oxygen atoms in total. The van der Waals surface area contributed by atoms with E-state index < -0.39 is 0 Å². The molecule has 0 spiro atoms. The summed E-state index contributed by atoms with van der Waals surface area (Å²) < 4.78 is 4.58. The second-order valence-electron chi connectivity index (χ2n) is 23.3. The zero-order chi connectivity index (χ0) is 48.8. The van der Waals surface area contributed by atoms with Crippen molar-refractivity contribution < 1.29 is 17.0 Å². The Balaban J connectivity index is 0.0000238. The molecule has 0 saturated heterocycles. The van der Waals surface area contributed by atoms with E-state index in [1.807, 2.05) is 0 Å². The Kier molecular flexibility index (Phi) is 46.6. The zero-order valence-corrected chi connectivity index (χ0v) is 48.4. The minimum Gasteiger partial charge on any atom is -1.00 e. The molecule has 0 amide bonds. The van der Waals surface area contributed by atoms with Gasteiger partial charge in [-0.3, -0.25) is 4.90 Å². The van der Waals surface area contributed by atoms with Gasteiger partial charge < -0.3 is 12.4 Å². The molecule has 1 aromatic carbocycles. The first-order chi connectivity index (χ1) is 33.4. The molecule has 0 aliphatic carbocycles. The van der Waals surface area contributed by atoms with Crippen molar-refractivity contribution >= 4 is 0 Å². The van der Waals surface area contributed by atoms with E-state index >= 15 is 0 Å². The van der Waals surface area contributed by atoms with Crippen LogP contribution in [0.2, 0.25) is 0 Å². The van der Waals surface area contributed by atoms with Crippen LogP contribution in [0.1, 0.15) is 316 Å². The third-order valence-electron chi connectivity index (χ3n) is 16.0. The summed E-state index contributed by atoms with van der Waals surface area (Å²) in [6.45, 7) is 15.2. The van der Waals surface area contributed by atoms with Gasteiger partial charge in [0, 0.05) is 19.1 Å². The first kappa shape index (κ1) is 65.7. The number of nitrogens with zero attached hydrogens (tertiary/aromatic N) is 3. The Morgan fingerprint density at radius 2 is 0.855 bits per heavy atom. The lowest BCUT2D eigenvalue weighted by atomic mass is 9.88. The lowest BCUT2D eigenvalue weighted by Crippen LogP contribution is -3.00. The van der Waals surface area contributed by atoms with Crippen molar-refractivity contribution in [1.29, 1.82) is 0 Å². The maximum Gasteiger partial charge on any atom is 0.243 e. The van der Waals surface area contributed by atoms with Gasteiger partial charge >= 0.3 is 0 Å². The van der Waals surface area contributed by atoms with Crippen LogP contribution < -0.4 is 17.0 Å². The maximum absolute atomic E-state index is 2.89. The highest BCUT2D eigenvalue weighted by Gasteiger charge is 2.21. The Bertz CT molecular complexity index is 1260. The summed E-state index contributed by atoms with van der Waals surface area (Å²) in [5.41, 5.74) is 1.47. The highest BCUT2D eigenvalue weighted by Crippen LogP contribution is 2.28. The molecule has 0 N–H and O–H groups in total. The van der Waals surface area contributed by atoms with Crippen molar-refractivity contribution in [1.82, 2.24) is 9.47 Å². The van der Waals surface area contributed by atoms with Crippen LogP contribution in [0.5, 0.6) is 0 Å². The summed E-state index contributed by atoms with van der Waals surface area (Å²) in [5, 5.41) is 0. The molecule has 0 aliphatic heterocycles. The van der Waals surface area contributed by atoms with Gasteiger partial charge in [0.05, 0.1) is 7.05 Å². The van der Waals surface area contributed by atoms with Gasteiger partial charge in [-0.15, -0.1) is 0 Å². The van der Waals surface area contributed by atoms with Crippen molar-refractivity contribution in [3.63, 3.8) is 0 Å². The summed E-state index contributed by atoms with van der Waals surface area (Å²) >= 11 is 0. The summed E-state index contributed by atoms with van der Waals surface area (Å²) in [6, 6.07) is 12.0. The molecule has 1 aromatic heterocycles. The molecule has 0 bridgehead atoms. The van der Waals surface area contributed by atoms with E-state index in [0.29, 0.717) is 6.04 Å². The van der Waals surface area contributed by atoms with Crippen LogP contribution in [-0.2, 0) is 20.1 Å². The zero-order valence-electron chi connectivity index (χ0n) is 47.7. The number of imidazole rings is 1. The van der Waals surface area contributed by atoms with Gasteiger partial charge in [-0.05, 0) is 42.6 Å². The number of halogens is 1. The summed E-state index contributed by atoms with van der Waals surface area (Å²) in [5.74, 6) is 2.59. The van der Waals surface area contributed by atoms with E-state index in [4.69, 9.17) is 0 Å². The fourth-order valence-electron chi connectivity index (χ4n) is 11.3. The van der Waals surface area contributed by atoms with Crippen LogP contribution in [0, 0.1) is 17.8 Å². The van der Waals surface area contributed by atoms with E-state index in [2.05, 4.69) is 105 Å². The first-order valence-corrected chi connectivity index (χ1v) is 31.2. The van der Waals surface area contributed by atoms with Gasteiger partial charge in [0.1, 0.15) is 18.9 Å². The van der Waals surface area contributed by atoms with E-state index in [1.165, 1.54) is 282 Å². The Labute approximate surface area is 440 Å². The minimum absolute atomic E-state index is 0. The van der Waals surface area contributed by atoms with Crippen LogP contribution in [0.3, 0.4) is 0 Å². The third kappa shape index (κ3) is 40.8. The molecule has 0 fully saturated rings. The fraction of sp³-hybridized carbons (Fsp3) is 0.862. The molecule has 2 atom stereocenters. The minimum atomic E-state index is 0. The number of hydrogen-bond acceptors (Lipinski definition) is 1. The summed E-state index contributed by atoms with van der Waals surface area (Å²) in [7, 11) is 2.15. The van der Waals surface area contributed by atoms with Gasteiger partial charge in [0.15, 0.2) is 0 Å². The molecule has 69 heavy (non-hydrogen) atoms. The van der Waals surface area contributed by atoms with E-state index in [0.717, 1.165) is 37.4 Å². The molecule has 2 aromatic rings. The summed E-state index contributed by atoms with van der Waals surface area (Å²) in [6.07, 6.45) is 69.1. The fourth-order valence-corrected chi connectivity index (χ4v) is 11.3. The van der Waals surface area contributed by atoms with Gasteiger partial charge in [0.25, 0.3) is 0 Å². The molecular formula is C65H122ClN3. The molecule has 1 heterocycles. The molecule has 2 unspecified atom stereocenters. The first-order valence-electron chi connectivity index (χ1n) is 31.2. The SMILES string of the molecule is CCCCCCCCCCCCCCCCCCC(CCCCCCCCCCCCCCCCCC)CCCCC(CCC(C)CCCC(C)C)N(CC[n+]1ccn(C)c1)Cc1ccccc1.[Cl-]. The van der Waals surface area contributed by atoms with Gasteiger partial charge in [-0.1, -0.05) is 322 Å². The van der Waals surface area contributed by atoms with Crippen molar-refractivity contribution in [2.45, 2.75) is 330 Å². The van der Waals surface area contributed by atoms with Gasteiger partial charge in [0.2, 0.25) is 6.33 Å². The highest BCUT2D eigenvalue weighted by molar-refractivity contribution is 5.14. The Morgan fingerprint density at radius 3 is 1.26 bits per heavy atom. The van der Waals surface area contributed by atoms with E-state index in [1.54, 1.807) is 0 Å². The van der Waals surface area contributed by atoms with Gasteiger partial charge in [-0.25, -0.2) is 9.13 Å². The van der Waals surface area contributed by atoms with Crippen LogP contribution in [0.25, 0.3) is 0 Å². The monoisotopic (exact) mass is 980 g/mol. The standard InChI is InChI=1S/C65H122N3.ClH/c1-7-9-11-13-15-17-19-21-23-25-27-29-31-33-35-38-47-63(48-39-36-34-32-30-28-26-24-22-20-18-16-14-12-10-8-2)49-42-43-52-65(54-53-62(5)46-44-45-61(3)4)68(59-64-50-40-37-41-51-64)58-57-67-56-55-66(6)60-67;/h37,40-41,50-51,55-56,60-63,65H,7-36,38-39,42-49,52-54,57-59H2,1-6H3;1H/q+1;/p-1. The average Bonchev–Trinajstić information content (AvgIpc) is 3.76. The van der Waals surface area contributed by atoms with Crippen LogP contribution in [0.4, 0.5) is 0 Å². The third-order valence-corrected chi connectivity index (χ3v) is 16.0. The largest absolute Gasteiger partial charge is 1.00 e. The number of rotatable bonds is 52. The quantitative estimate of drug-likeness (QED) is 0.0475. The molecule has 2 rings (SSSR count). The molecule has 404 valence electrons. The second kappa shape index (κ2) is 48.9. The Hall–Kier alpha value is -1.32. The molecule has 0 saturated carbocycles. The lowest BCUT2D eigenvalue weighted by Gasteiger charge is -2.33. The van der Waals surface area contributed by atoms with Crippen molar-refractivity contribution in [3.05, 3.63) is 54.6 Å². The van der Waals surface area contributed by atoms with Crippen LogP contribution in [0.15, 0.2) is 49.1 Å². The molecule has 0 radical (unpaired) electrons. The average molecular weight is 981 g/mol. The van der Waals surface area contributed by atoms with E-state index in [9.17, 15) is 0 Å². The highest BCUT2D eigenvalue weighted by atomic mass is 35.5. The predicted octanol–water partition coefficient (Wildman–Crippen LogP) is 17.9. The van der Waals surface area contributed by atoms with Crippen molar-refractivity contribution in [3.8, 4) is 0 Å². The number of aryl methyl sites for hydroxylation is 1. The number of hydrogen-bond donors (Lipinski definition) is 0. The molecular weight excluding hydrogens is 858 g/mol. The van der Waals surface area contributed by atoms with Crippen molar-refractivity contribution in [2.24, 2.45) is 24.8 Å². The van der Waals surface area contributed by atoms with Crippen LogP contribution in [-0.4, -0.2) is 22.1 Å². The maximum atomic E-state index is 2.89. The molecule has 0 aliphatic rings. The smallest absolute Gasteiger partial charge is 0.243 e. The van der Waals surface area contributed by atoms with E-state index in [-0.39, 0.29) is 12.4 Å². The lowest BCUT2D eigenvalue weighted by molar-refractivity contribution is -0.696. The van der Waals surface area contributed by atoms with Gasteiger partial charge in [-0.2, -0.15) is 0 Å². The van der Waals surface area contributed by atoms with Crippen molar-refractivity contribution in [2.75, 3.05) is 6.54 Å². The normalized spacial score (nSPS) is 12.7. The number of aromatic nitrogens is 2. The topological polar surface area (TPSA) is 12.1 Å². The number of benzene rings is 1. The summed E-state index contributed by atoms with van der Waals surface area (Å²) in [4.78, 5) is 2.89. The Morgan fingerprint density at radius 1 is 0.449 bits per heavy atom. The molecule has 4 heteroatoms.